The van der Waals surface area contributed by atoms with Crippen molar-refractivity contribution in [3.63, 3.8) is 0 Å². The van der Waals surface area contributed by atoms with Gasteiger partial charge in [-0.2, -0.15) is 0 Å². The number of esters is 1. The van der Waals surface area contributed by atoms with Gasteiger partial charge in [0, 0.05) is 25.1 Å². The van der Waals surface area contributed by atoms with Crippen molar-refractivity contribution in [3.8, 4) is 0 Å². The zero-order valence-corrected chi connectivity index (χ0v) is 30.2. The number of carbonyl (C=O) groups excluding carboxylic acids is 5. The monoisotopic (exact) mass is 734 g/mol. The highest BCUT2D eigenvalue weighted by Gasteiger charge is 2.51. The van der Waals surface area contributed by atoms with Crippen LogP contribution in [0.1, 0.15) is 47.2 Å². The number of rotatable bonds is 14. The number of benzene rings is 5. The number of nitrogens with one attached hydrogen (secondary N) is 2. The SMILES string of the molecule is O=C(CNC(=O)[C@@H]1CCC(=O)N1C[C@H]1C(=O)N(c2ccccc2)[C@H]1c1ccccc1)N[C@@H](Cc1ccccc1)C(=O)OC(c1ccccc1)c1ccccc1. The predicted molar refractivity (Wildman–Crippen MR) is 207 cm³/mol. The van der Waals surface area contributed by atoms with Gasteiger partial charge in [-0.25, -0.2) is 4.79 Å². The fraction of sp³-hybridized carbons (Fsp3) is 0.222. The molecule has 55 heavy (non-hydrogen) atoms. The number of β-lactam (4-membered cyclic amide) rings is 1. The summed E-state index contributed by atoms with van der Waals surface area (Å²) in [6.45, 7) is -0.354. The van der Waals surface area contributed by atoms with E-state index in [1.54, 1.807) is 4.90 Å². The second-order valence-corrected chi connectivity index (χ2v) is 13.8. The van der Waals surface area contributed by atoms with Crippen molar-refractivity contribution in [3.05, 3.63) is 174 Å². The van der Waals surface area contributed by atoms with Gasteiger partial charge in [-0.05, 0) is 40.8 Å². The first-order valence-corrected chi connectivity index (χ1v) is 18.5. The van der Waals surface area contributed by atoms with Gasteiger partial charge in [0.1, 0.15) is 12.1 Å². The van der Waals surface area contributed by atoms with Crippen LogP contribution in [0, 0.1) is 5.92 Å². The summed E-state index contributed by atoms with van der Waals surface area (Å²) in [4.78, 5) is 70.9. The molecule has 2 aliphatic heterocycles. The number of amides is 4. The van der Waals surface area contributed by atoms with E-state index in [1.165, 1.54) is 4.90 Å². The van der Waals surface area contributed by atoms with Gasteiger partial charge in [0.2, 0.25) is 23.6 Å². The number of likely N-dealkylation sites (tertiary alicyclic amines) is 1. The Morgan fingerprint density at radius 3 is 1.85 bits per heavy atom. The fourth-order valence-corrected chi connectivity index (χ4v) is 7.44. The van der Waals surface area contributed by atoms with Crippen LogP contribution in [0.25, 0.3) is 0 Å². The number of hydrogen-bond acceptors (Lipinski definition) is 6. The van der Waals surface area contributed by atoms with Crippen molar-refractivity contribution in [2.45, 2.75) is 43.5 Å². The largest absolute Gasteiger partial charge is 0.451 e. The molecule has 278 valence electrons. The van der Waals surface area contributed by atoms with Gasteiger partial charge in [-0.1, -0.05) is 140 Å². The molecule has 0 unspecified atom stereocenters. The Bertz CT molecular complexity index is 2060. The molecule has 0 saturated carbocycles. The van der Waals surface area contributed by atoms with Gasteiger partial charge in [0.15, 0.2) is 6.10 Å². The summed E-state index contributed by atoms with van der Waals surface area (Å²) in [5.74, 6) is -2.62. The van der Waals surface area contributed by atoms with E-state index in [0.717, 1.165) is 27.9 Å². The smallest absolute Gasteiger partial charge is 0.329 e. The van der Waals surface area contributed by atoms with Crippen molar-refractivity contribution in [1.29, 1.82) is 0 Å². The van der Waals surface area contributed by atoms with Gasteiger partial charge < -0.3 is 25.2 Å². The highest BCUT2D eigenvalue weighted by Crippen LogP contribution is 2.44. The van der Waals surface area contributed by atoms with E-state index in [1.807, 2.05) is 152 Å². The molecule has 2 fully saturated rings. The van der Waals surface area contributed by atoms with Crippen LogP contribution in [0.4, 0.5) is 5.69 Å². The van der Waals surface area contributed by atoms with Crippen LogP contribution < -0.4 is 15.5 Å². The molecule has 2 N–H and O–H groups in total. The Hall–Kier alpha value is -6.55. The molecule has 0 aromatic heterocycles. The van der Waals surface area contributed by atoms with E-state index < -0.39 is 48.4 Å². The van der Waals surface area contributed by atoms with Gasteiger partial charge >= 0.3 is 5.97 Å². The summed E-state index contributed by atoms with van der Waals surface area (Å²) in [5, 5.41) is 5.46. The maximum absolute atomic E-state index is 13.9. The van der Waals surface area contributed by atoms with E-state index >= 15 is 0 Å². The molecule has 4 amide bonds. The van der Waals surface area contributed by atoms with Crippen LogP contribution in [-0.2, 0) is 35.1 Å². The summed E-state index contributed by atoms with van der Waals surface area (Å²) in [5.41, 5.74) is 4.07. The molecule has 0 aliphatic carbocycles. The third-order valence-electron chi connectivity index (χ3n) is 10.2. The highest BCUT2D eigenvalue weighted by molar-refractivity contribution is 6.04. The molecule has 0 radical (unpaired) electrons. The van der Waals surface area contributed by atoms with Crippen LogP contribution in [0.3, 0.4) is 0 Å². The maximum atomic E-state index is 13.9. The molecule has 4 atom stereocenters. The number of hydrogen-bond donors (Lipinski definition) is 2. The van der Waals surface area contributed by atoms with E-state index in [9.17, 15) is 24.0 Å². The first-order valence-electron chi connectivity index (χ1n) is 18.5. The number of nitrogens with zero attached hydrogens (tertiary/aromatic N) is 2. The minimum atomic E-state index is -1.06. The van der Waals surface area contributed by atoms with E-state index in [2.05, 4.69) is 10.6 Å². The van der Waals surface area contributed by atoms with Crippen molar-refractivity contribution >= 4 is 35.3 Å². The summed E-state index contributed by atoms with van der Waals surface area (Å²) in [7, 11) is 0. The zero-order valence-electron chi connectivity index (χ0n) is 30.2. The summed E-state index contributed by atoms with van der Waals surface area (Å²) >= 11 is 0. The van der Waals surface area contributed by atoms with E-state index in [-0.39, 0.29) is 43.7 Å². The summed E-state index contributed by atoms with van der Waals surface area (Å²) < 4.78 is 6.11. The zero-order chi connectivity index (χ0) is 38.1. The quantitative estimate of drug-likeness (QED) is 0.114. The Morgan fingerprint density at radius 1 is 0.709 bits per heavy atom. The Balaban J connectivity index is 1.02. The lowest BCUT2D eigenvalue weighted by Crippen LogP contribution is -2.60. The topological polar surface area (TPSA) is 125 Å². The maximum Gasteiger partial charge on any atom is 0.329 e. The first kappa shape index (κ1) is 36.8. The molecule has 7 rings (SSSR count). The molecule has 5 aromatic carbocycles. The Labute approximate surface area is 320 Å². The lowest BCUT2D eigenvalue weighted by atomic mass is 9.81. The van der Waals surface area contributed by atoms with E-state index in [0.29, 0.717) is 0 Å². The van der Waals surface area contributed by atoms with Crippen LogP contribution in [0.5, 0.6) is 0 Å². The van der Waals surface area contributed by atoms with Gasteiger partial charge in [-0.3, -0.25) is 19.2 Å². The van der Waals surface area contributed by atoms with Crippen LogP contribution in [-0.4, -0.2) is 59.7 Å². The number of para-hydroxylation sites is 1. The van der Waals surface area contributed by atoms with Crippen LogP contribution in [0.2, 0.25) is 0 Å². The lowest BCUT2D eigenvalue weighted by molar-refractivity contribution is -0.151. The third-order valence-corrected chi connectivity index (χ3v) is 10.2. The van der Waals surface area contributed by atoms with Gasteiger partial charge in [0.25, 0.3) is 0 Å². The molecule has 10 heteroatoms. The lowest BCUT2D eigenvalue weighted by Gasteiger charge is -2.49. The molecule has 10 nitrogen and oxygen atoms in total. The Kier molecular flexibility index (Phi) is 11.4. The van der Waals surface area contributed by atoms with Crippen LogP contribution >= 0.6 is 0 Å². The molecular formula is C45H42N4O6. The molecule has 0 spiro atoms. The second-order valence-electron chi connectivity index (χ2n) is 13.8. The van der Waals surface area contributed by atoms with Crippen molar-refractivity contribution < 1.29 is 28.7 Å². The first-order chi connectivity index (χ1) is 26.9. The molecular weight excluding hydrogens is 693 g/mol. The van der Waals surface area contributed by atoms with Crippen molar-refractivity contribution in [2.75, 3.05) is 18.0 Å². The van der Waals surface area contributed by atoms with Gasteiger partial charge in [0.05, 0.1) is 18.5 Å². The van der Waals surface area contributed by atoms with Crippen molar-refractivity contribution in [2.24, 2.45) is 5.92 Å². The molecule has 0 bridgehead atoms. The standard InChI is InChI=1S/C45H42N4O6/c50-39(47-37(28-31-16-6-1-7-17-31)45(54)55-42(33-20-10-3-11-21-33)34-22-12-4-13-23-34)29-46-43(52)38-26-27-40(51)48(38)30-36-41(32-18-8-2-9-19-32)49(44(36)53)35-24-14-5-15-25-35/h1-25,36-38,41-42H,26-30H2,(H,46,52)(H,47,50)/t36-,37+,38+,41+/m1/s1. The highest BCUT2D eigenvalue weighted by atomic mass is 16.5. The van der Waals surface area contributed by atoms with Crippen LogP contribution in [0.15, 0.2) is 152 Å². The number of anilines is 1. The second kappa shape index (κ2) is 17.1. The Morgan fingerprint density at radius 2 is 1.25 bits per heavy atom. The summed E-state index contributed by atoms with van der Waals surface area (Å²) in [6, 6.07) is 44.9. The number of ether oxygens (including phenoxy) is 1. The van der Waals surface area contributed by atoms with Crippen molar-refractivity contribution in [1.82, 2.24) is 15.5 Å². The van der Waals surface area contributed by atoms with Gasteiger partial charge in [-0.15, -0.1) is 0 Å². The summed E-state index contributed by atoms with van der Waals surface area (Å²) in [6.07, 6.45) is -0.133. The number of carbonyl (C=O) groups is 5. The molecule has 2 aliphatic rings. The molecule has 5 aromatic rings. The molecule has 2 heterocycles. The fourth-order valence-electron chi connectivity index (χ4n) is 7.44. The minimum absolute atomic E-state index is 0.0693. The minimum Gasteiger partial charge on any atom is -0.451 e. The molecule has 2 saturated heterocycles. The normalized spacial score (nSPS) is 18.4. The average Bonchev–Trinajstić information content (AvgIpc) is 3.60. The average molecular weight is 735 g/mol. The third kappa shape index (κ3) is 8.49. The predicted octanol–water partition coefficient (Wildman–Crippen LogP) is 5.56. The van der Waals surface area contributed by atoms with E-state index in [4.69, 9.17) is 4.74 Å².